The molecule has 5 nitrogen and oxygen atoms in total. The van der Waals surface area contributed by atoms with Crippen LogP contribution in [0.4, 0.5) is 0 Å². The summed E-state index contributed by atoms with van der Waals surface area (Å²) in [4.78, 5) is 6.49. The largest absolute Gasteiger partial charge is 0.497 e. The smallest absolute Gasteiger partial charge is 0.227 e. The predicted octanol–water partition coefficient (Wildman–Crippen LogP) is 2.10. The fourth-order valence-electron chi connectivity index (χ4n) is 2.55. The van der Waals surface area contributed by atoms with Crippen LogP contribution in [0.15, 0.2) is 46.0 Å². The van der Waals surface area contributed by atoms with Crippen LogP contribution in [0, 0.1) is 12.0 Å². The lowest BCUT2D eigenvalue weighted by atomic mass is 10.1. The third-order valence-electron chi connectivity index (χ3n) is 3.93. The van der Waals surface area contributed by atoms with Gasteiger partial charge in [-0.05, 0) is 30.2 Å². The van der Waals surface area contributed by atoms with Crippen LogP contribution >= 0.6 is 0 Å². The SMILES string of the molecule is CCCCC#CN1C(N)=c2ccoc2=NC1c1ccc(OC)cc1. The quantitative estimate of drug-likeness (QED) is 0.691. The van der Waals surface area contributed by atoms with E-state index in [4.69, 9.17) is 14.9 Å². The molecule has 124 valence electrons. The van der Waals surface area contributed by atoms with Crippen LogP contribution in [-0.2, 0) is 0 Å². The fraction of sp³-hybridized carbons (Fsp3) is 0.316. The van der Waals surface area contributed by atoms with Crippen LogP contribution in [0.2, 0.25) is 0 Å². The number of nitrogens with two attached hydrogens (primary N) is 1. The van der Waals surface area contributed by atoms with Crippen molar-refractivity contribution in [2.24, 2.45) is 10.7 Å². The van der Waals surface area contributed by atoms with Crippen molar-refractivity contribution in [3.63, 3.8) is 0 Å². The molecule has 2 aromatic rings. The molecule has 3 rings (SSSR count). The van der Waals surface area contributed by atoms with Gasteiger partial charge in [0.1, 0.15) is 11.6 Å². The second kappa shape index (κ2) is 7.14. The zero-order valence-corrected chi connectivity index (χ0v) is 14.0. The molecule has 1 aliphatic rings. The highest BCUT2D eigenvalue weighted by Crippen LogP contribution is 2.26. The van der Waals surface area contributed by atoms with Gasteiger partial charge in [0.25, 0.3) is 0 Å². The molecule has 0 aliphatic carbocycles. The van der Waals surface area contributed by atoms with Gasteiger partial charge in [0, 0.05) is 12.5 Å². The van der Waals surface area contributed by atoms with Crippen LogP contribution in [0.3, 0.4) is 0 Å². The number of fused-ring (bicyclic) bond motifs is 1. The molecule has 24 heavy (non-hydrogen) atoms. The first-order valence-corrected chi connectivity index (χ1v) is 8.07. The van der Waals surface area contributed by atoms with Crippen molar-refractivity contribution >= 4 is 5.82 Å². The molecule has 1 aromatic carbocycles. The standard InChI is InChI=1S/C19H21N3O2/c1-3-4-5-6-12-22-17(20)16-11-13-24-19(16)21-18(22)14-7-9-15(23-2)10-8-14/h7-11,13,18H,3-5,20H2,1-2H3. The van der Waals surface area contributed by atoms with Crippen LogP contribution < -0.4 is 21.2 Å². The molecule has 0 fully saturated rings. The maximum Gasteiger partial charge on any atom is 0.227 e. The Morgan fingerprint density at radius 1 is 1.29 bits per heavy atom. The molecule has 0 spiro atoms. The number of nitrogens with zero attached hydrogens (tertiary/aromatic N) is 2. The molecule has 5 heteroatoms. The molecule has 2 heterocycles. The van der Waals surface area contributed by atoms with Gasteiger partial charge in [-0.2, -0.15) is 0 Å². The van der Waals surface area contributed by atoms with Gasteiger partial charge >= 0.3 is 0 Å². The normalized spacial score (nSPS) is 16.0. The topological polar surface area (TPSA) is 64.0 Å². The van der Waals surface area contributed by atoms with E-state index in [1.807, 2.05) is 35.2 Å². The van der Waals surface area contributed by atoms with Crippen molar-refractivity contribution in [3.8, 4) is 17.7 Å². The first-order chi connectivity index (χ1) is 11.7. The number of benzene rings is 1. The summed E-state index contributed by atoms with van der Waals surface area (Å²) in [5.74, 6) is 4.56. The van der Waals surface area contributed by atoms with Gasteiger partial charge in [0.05, 0.1) is 18.6 Å². The van der Waals surface area contributed by atoms with Crippen molar-refractivity contribution in [3.05, 3.63) is 52.9 Å². The van der Waals surface area contributed by atoms with Crippen LogP contribution in [0.25, 0.3) is 5.82 Å². The minimum atomic E-state index is -0.330. The molecule has 2 N–H and O–H groups in total. The van der Waals surface area contributed by atoms with Gasteiger partial charge in [-0.1, -0.05) is 31.4 Å². The molecular weight excluding hydrogens is 302 g/mol. The Morgan fingerprint density at radius 3 is 2.79 bits per heavy atom. The third kappa shape index (κ3) is 3.09. The summed E-state index contributed by atoms with van der Waals surface area (Å²) in [5.41, 5.74) is 7.85. The maximum absolute atomic E-state index is 6.33. The number of hydrogen-bond acceptors (Lipinski definition) is 5. The Labute approximate surface area is 141 Å². The van der Waals surface area contributed by atoms with E-state index in [-0.39, 0.29) is 6.17 Å². The van der Waals surface area contributed by atoms with Crippen LogP contribution in [0.5, 0.6) is 5.75 Å². The predicted molar refractivity (Wildman–Crippen MR) is 92.0 cm³/mol. The molecule has 0 radical (unpaired) electrons. The molecular formula is C19H21N3O2. The second-order valence-electron chi connectivity index (χ2n) is 5.56. The zero-order valence-electron chi connectivity index (χ0n) is 14.0. The van der Waals surface area contributed by atoms with Gasteiger partial charge in [-0.25, -0.2) is 4.99 Å². The molecule has 0 amide bonds. The van der Waals surface area contributed by atoms with Gasteiger partial charge < -0.3 is 14.9 Å². The lowest BCUT2D eigenvalue weighted by Crippen LogP contribution is -2.41. The van der Waals surface area contributed by atoms with Crippen molar-refractivity contribution in [2.75, 3.05) is 7.11 Å². The van der Waals surface area contributed by atoms with E-state index in [0.717, 1.165) is 35.8 Å². The first-order valence-electron chi connectivity index (χ1n) is 8.07. The van der Waals surface area contributed by atoms with E-state index in [9.17, 15) is 0 Å². The van der Waals surface area contributed by atoms with E-state index in [1.165, 1.54) is 0 Å². The summed E-state index contributed by atoms with van der Waals surface area (Å²) >= 11 is 0. The van der Waals surface area contributed by atoms with Crippen molar-refractivity contribution in [1.82, 2.24) is 4.90 Å². The lowest BCUT2D eigenvalue weighted by molar-refractivity contribution is 0.369. The summed E-state index contributed by atoms with van der Waals surface area (Å²) in [6.45, 7) is 2.15. The third-order valence-corrected chi connectivity index (χ3v) is 3.93. The summed E-state index contributed by atoms with van der Waals surface area (Å²) in [7, 11) is 1.65. The highest BCUT2D eigenvalue weighted by Gasteiger charge is 2.24. The highest BCUT2D eigenvalue weighted by molar-refractivity contribution is 5.45. The highest BCUT2D eigenvalue weighted by atomic mass is 16.5. The Bertz CT molecular complexity index is 872. The van der Waals surface area contributed by atoms with E-state index in [0.29, 0.717) is 11.4 Å². The van der Waals surface area contributed by atoms with Gasteiger partial charge in [0.2, 0.25) is 5.55 Å². The van der Waals surface area contributed by atoms with E-state index < -0.39 is 0 Å². The van der Waals surface area contributed by atoms with E-state index >= 15 is 0 Å². The molecule has 1 unspecified atom stereocenters. The first kappa shape index (κ1) is 16.0. The summed E-state index contributed by atoms with van der Waals surface area (Å²) < 4.78 is 10.7. The molecule has 0 saturated carbocycles. The zero-order chi connectivity index (χ0) is 16.9. The summed E-state index contributed by atoms with van der Waals surface area (Å²) in [6, 6.07) is 12.7. The Hall–Kier alpha value is -2.87. The van der Waals surface area contributed by atoms with Crippen LogP contribution in [0.1, 0.15) is 37.9 Å². The number of rotatable bonds is 4. The minimum absolute atomic E-state index is 0.330. The average Bonchev–Trinajstić information content (AvgIpc) is 3.09. The average molecular weight is 323 g/mol. The number of methoxy groups -OCH3 is 1. The Balaban J connectivity index is 2.01. The minimum Gasteiger partial charge on any atom is -0.497 e. The second-order valence-corrected chi connectivity index (χ2v) is 5.56. The lowest BCUT2D eigenvalue weighted by Gasteiger charge is -2.27. The van der Waals surface area contributed by atoms with Gasteiger partial charge in [0.15, 0.2) is 6.17 Å². The molecule has 0 saturated heterocycles. The van der Waals surface area contributed by atoms with Crippen LogP contribution in [-0.4, -0.2) is 12.0 Å². The molecule has 1 aliphatic heterocycles. The summed E-state index contributed by atoms with van der Waals surface area (Å²) in [5, 5.41) is 0.782. The summed E-state index contributed by atoms with van der Waals surface area (Å²) in [6.07, 6.45) is 4.30. The van der Waals surface area contributed by atoms with E-state index in [1.54, 1.807) is 13.4 Å². The number of unbranched alkanes of at least 4 members (excludes halogenated alkanes) is 2. The fourth-order valence-corrected chi connectivity index (χ4v) is 2.55. The van der Waals surface area contributed by atoms with Crippen molar-refractivity contribution in [1.29, 1.82) is 0 Å². The maximum atomic E-state index is 6.33. The van der Waals surface area contributed by atoms with Gasteiger partial charge in [-0.15, -0.1) is 0 Å². The number of furan rings is 1. The number of hydrogen-bond donors (Lipinski definition) is 1. The van der Waals surface area contributed by atoms with Crippen molar-refractivity contribution in [2.45, 2.75) is 32.4 Å². The van der Waals surface area contributed by atoms with E-state index in [2.05, 4.69) is 23.9 Å². The molecule has 1 aromatic heterocycles. The number of ether oxygens (including phenoxy) is 1. The Kier molecular flexibility index (Phi) is 4.76. The van der Waals surface area contributed by atoms with Crippen molar-refractivity contribution < 1.29 is 9.15 Å². The molecule has 0 bridgehead atoms. The molecule has 1 atom stereocenters. The Morgan fingerprint density at radius 2 is 2.08 bits per heavy atom. The monoisotopic (exact) mass is 323 g/mol. The van der Waals surface area contributed by atoms with Gasteiger partial charge in [-0.3, -0.25) is 4.90 Å².